The van der Waals surface area contributed by atoms with Gasteiger partial charge in [-0.1, -0.05) is 11.6 Å². The number of nitrogens with one attached hydrogen (secondary N) is 1. The fourth-order valence-corrected chi connectivity index (χ4v) is 1.62. The third-order valence-electron chi connectivity index (χ3n) is 2.53. The Hall–Kier alpha value is -2.73. The maximum Gasteiger partial charge on any atom is 0.269 e. The van der Waals surface area contributed by atoms with Crippen molar-refractivity contribution in [1.29, 1.82) is 0 Å². The lowest BCUT2D eigenvalue weighted by molar-refractivity contribution is -0.384. The number of carbonyl (C=O) groups excluding carboxylic acids is 1. The van der Waals surface area contributed by atoms with Crippen molar-refractivity contribution in [3.05, 3.63) is 69.5 Å². The molecule has 2 rings (SSSR count). The summed E-state index contributed by atoms with van der Waals surface area (Å²) in [7, 11) is 0. The summed E-state index contributed by atoms with van der Waals surface area (Å²) in [6.45, 7) is 0. The van der Waals surface area contributed by atoms with Crippen LogP contribution in [0.3, 0.4) is 0 Å². The van der Waals surface area contributed by atoms with Crippen molar-refractivity contribution in [3.8, 4) is 0 Å². The molecule has 1 aromatic heterocycles. The number of anilines is 1. The quantitative estimate of drug-likeness (QED) is 0.406. The summed E-state index contributed by atoms with van der Waals surface area (Å²) in [4.78, 5) is 25.6. The molecule has 7 heteroatoms. The van der Waals surface area contributed by atoms with Gasteiger partial charge >= 0.3 is 0 Å². The molecule has 0 spiro atoms. The number of halogens is 1. The highest BCUT2D eigenvalue weighted by atomic mass is 35.5. The predicted molar refractivity (Wildman–Crippen MR) is 80.0 cm³/mol. The molecule has 1 N–H and O–H groups in total. The molecule has 1 heterocycles. The number of hydrogen-bond donors (Lipinski definition) is 1. The van der Waals surface area contributed by atoms with Crippen LogP contribution < -0.4 is 5.32 Å². The first kappa shape index (κ1) is 14.7. The summed E-state index contributed by atoms with van der Waals surface area (Å²) in [5.74, 6) is -0.336. The average Bonchev–Trinajstić information content (AvgIpc) is 2.48. The standard InChI is InChI=1S/C14H10ClN3O3/c15-13-7-4-11(9-16-13)17-14(19)8-3-10-1-5-12(6-2-10)18(20)21/h1-9H,(H,17,19)/b8-3+. The van der Waals surface area contributed by atoms with Crippen molar-refractivity contribution in [2.24, 2.45) is 0 Å². The Bertz CT molecular complexity index is 682. The van der Waals surface area contributed by atoms with Crippen LogP contribution in [0.4, 0.5) is 11.4 Å². The van der Waals surface area contributed by atoms with E-state index in [1.54, 1.807) is 30.3 Å². The van der Waals surface area contributed by atoms with Gasteiger partial charge in [0.25, 0.3) is 5.69 Å². The van der Waals surface area contributed by atoms with Crippen molar-refractivity contribution >= 4 is 35.0 Å². The van der Waals surface area contributed by atoms with E-state index in [2.05, 4.69) is 10.3 Å². The molecule has 21 heavy (non-hydrogen) atoms. The molecule has 0 fully saturated rings. The summed E-state index contributed by atoms with van der Waals surface area (Å²) in [6.07, 6.45) is 4.33. The lowest BCUT2D eigenvalue weighted by Gasteiger charge is -2.00. The van der Waals surface area contributed by atoms with E-state index in [0.29, 0.717) is 16.4 Å². The Balaban J connectivity index is 1.98. The summed E-state index contributed by atoms with van der Waals surface area (Å²) in [6, 6.07) is 9.07. The number of aromatic nitrogens is 1. The van der Waals surface area contributed by atoms with Gasteiger partial charge in [-0.3, -0.25) is 14.9 Å². The zero-order valence-electron chi connectivity index (χ0n) is 10.7. The van der Waals surface area contributed by atoms with Crippen LogP contribution in [0.1, 0.15) is 5.56 Å². The topological polar surface area (TPSA) is 85.1 Å². The van der Waals surface area contributed by atoms with Crippen LogP contribution >= 0.6 is 11.6 Å². The number of carbonyl (C=O) groups is 1. The molecule has 0 aliphatic heterocycles. The molecule has 0 atom stereocenters. The second-order valence-electron chi connectivity index (χ2n) is 4.04. The molecule has 0 aliphatic carbocycles. The number of non-ortho nitro benzene ring substituents is 1. The highest BCUT2D eigenvalue weighted by molar-refractivity contribution is 6.29. The minimum atomic E-state index is -0.478. The lowest BCUT2D eigenvalue weighted by atomic mass is 10.2. The second kappa shape index (κ2) is 6.62. The molecule has 106 valence electrons. The number of hydrogen-bond acceptors (Lipinski definition) is 4. The smallest absolute Gasteiger partial charge is 0.269 e. The molecular weight excluding hydrogens is 294 g/mol. The van der Waals surface area contributed by atoms with Crippen LogP contribution in [-0.4, -0.2) is 15.8 Å². The van der Waals surface area contributed by atoms with E-state index in [0.717, 1.165) is 0 Å². The number of pyridine rings is 1. The van der Waals surface area contributed by atoms with Crippen molar-refractivity contribution < 1.29 is 9.72 Å². The predicted octanol–water partition coefficient (Wildman–Crippen LogP) is 3.30. The van der Waals surface area contributed by atoms with E-state index in [1.165, 1.54) is 24.4 Å². The van der Waals surface area contributed by atoms with Gasteiger partial charge in [-0.25, -0.2) is 4.98 Å². The second-order valence-corrected chi connectivity index (χ2v) is 4.43. The van der Waals surface area contributed by atoms with Crippen molar-refractivity contribution in [2.75, 3.05) is 5.32 Å². The molecule has 6 nitrogen and oxygen atoms in total. The number of amides is 1. The minimum absolute atomic E-state index is 0.00356. The SMILES string of the molecule is O=C(/C=C/c1ccc([N+](=O)[O-])cc1)Nc1ccc(Cl)nc1. The van der Waals surface area contributed by atoms with Gasteiger partial charge in [0.05, 0.1) is 16.8 Å². The van der Waals surface area contributed by atoms with Crippen molar-refractivity contribution in [2.45, 2.75) is 0 Å². The molecule has 0 aliphatic rings. The summed E-state index contributed by atoms with van der Waals surface area (Å²) >= 11 is 5.64. The number of rotatable bonds is 4. The zero-order valence-corrected chi connectivity index (χ0v) is 11.4. The van der Waals surface area contributed by atoms with Crippen LogP contribution in [0.15, 0.2) is 48.7 Å². The highest BCUT2D eigenvalue weighted by Gasteiger charge is 2.03. The summed E-state index contributed by atoms with van der Waals surface area (Å²) in [5, 5.41) is 13.5. The maximum absolute atomic E-state index is 11.7. The van der Waals surface area contributed by atoms with Crippen LogP contribution in [0.2, 0.25) is 5.15 Å². The Morgan fingerprint density at radius 1 is 1.24 bits per heavy atom. The van der Waals surface area contributed by atoms with Gasteiger partial charge in [0, 0.05) is 18.2 Å². The molecule has 2 aromatic rings. The minimum Gasteiger partial charge on any atom is -0.321 e. The van der Waals surface area contributed by atoms with E-state index >= 15 is 0 Å². The number of benzene rings is 1. The van der Waals surface area contributed by atoms with E-state index in [9.17, 15) is 14.9 Å². The largest absolute Gasteiger partial charge is 0.321 e. The van der Waals surface area contributed by atoms with Crippen LogP contribution in [0, 0.1) is 10.1 Å². The molecule has 0 saturated heterocycles. The number of nitro benzene ring substituents is 1. The third-order valence-corrected chi connectivity index (χ3v) is 2.75. The first-order valence-electron chi connectivity index (χ1n) is 5.90. The molecule has 0 bridgehead atoms. The van der Waals surface area contributed by atoms with Crippen molar-refractivity contribution in [1.82, 2.24) is 4.98 Å². The molecule has 0 saturated carbocycles. The highest BCUT2D eigenvalue weighted by Crippen LogP contribution is 2.13. The first-order chi connectivity index (χ1) is 10.0. The average molecular weight is 304 g/mol. The van der Waals surface area contributed by atoms with Crippen molar-refractivity contribution in [3.63, 3.8) is 0 Å². The van der Waals surface area contributed by atoms with Gasteiger partial charge < -0.3 is 5.32 Å². The fourth-order valence-electron chi connectivity index (χ4n) is 1.51. The van der Waals surface area contributed by atoms with Crippen LogP contribution in [-0.2, 0) is 4.79 Å². The van der Waals surface area contributed by atoms with Gasteiger partial charge in [-0.05, 0) is 35.9 Å². The summed E-state index contributed by atoms with van der Waals surface area (Å²) < 4.78 is 0. The zero-order chi connectivity index (χ0) is 15.2. The Morgan fingerprint density at radius 3 is 2.52 bits per heavy atom. The van der Waals surface area contributed by atoms with Crippen LogP contribution in [0.5, 0.6) is 0 Å². The molecule has 1 aromatic carbocycles. The van der Waals surface area contributed by atoms with E-state index < -0.39 is 4.92 Å². The molecule has 0 unspecified atom stereocenters. The van der Waals surface area contributed by atoms with Gasteiger partial charge in [0.1, 0.15) is 5.15 Å². The number of nitrogens with zero attached hydrogens (tertiary/aromatic N) is 2. The lowest BCUT2D eigenvalue weighted by Crippen LogP contribution is -2.07. The Morgan fingerprint density at radius 2 is 1.95 bits per heavy atom. The summed E-state index contributed by atoms with van der Waals surface area (Å²) in [5.41, 5.74) is 1.21. The Kier molecular flexibility index (Phi) is 4.63. The number of nitro groups is 1. The van der Waals surface area contributed by atoms with Gasteiger partial charge in [-0.2, -0.15) is 0 Å². The van der Waals surface area contributed by atoms with E-state index in [1.807, 2.05) is 0 Å². The molecule has 1 amide bonds. The van der Waals surface area contributed by atoms with Gasteiger partial charge in [0.2, 0.25) is 5.91 Å². The Labute approximate surface area is 125 Å². The maximum atomic E-state index is 11.7. The third kappa shape index (κ3) is 4.39. The van der Waals surface area contributed by atoms with Gasteiger partial charge in [-0.15, -0.1) is 0 Å². The monoisotopic (exact) mass is 303 g/mol. The first-order valence-corrected chi connectivity index (χ1v) is 6.27. The van der Waals surface area contributed by atoms with E-state index in [-0.39, 0.29) is 11.6 Å². The van der Waals surface area contributed by atoms with Crippen LogP contribution in [0.25, 0.3) is 6.08 Å². The molecule has 0 radical (unpaired) electrons. The fraction of sp³-hybridized carbons (Fsp3) is 0. The van der Waals surface area contributed by atoms with Gasteiger partial charge in [0.15, 0.2) is 0 Å². The normalized spacial score (nSPS) is 10.5. The molecular formula is C14H10ClN3O3. The van der Waals surface area contributed by atoms with E-state index in [4.69, 9.17) is 11.6 Å².